The molecule has 0 radical (unpaired) electrons. The van der Waals surface area contributed by atoms with Gasteiger partial charge in [-0.2, -0.15) is 5.26 Å². The Morgan fingerprint density at radius 3 is 2.53 bits per heavy atom. The second-order valence-electron chi connectivity index (χ2n) is 7.02. The molecule has 0 saturated carbocycles. The number of pyridine rings is 1. The van der Waals surface area contributed by atoms with E-state index in [9.17, 15) is 4.39 Å². The van der Waals surface area contributed by atoms with Crippen molar-refractivity contribution < 1.29 is 13.9 Å². The second kappa shape index (κ2) is 9.71. The van der Waals surface area contributed by atoms with Crippen molar-refractivity contribution in [2.75, 3.05) is 7.11 Å². The topological polar surface area (TPSA) is 55.1 Å². The molecule has 3 aromatic rings. The molecule has 0 N–H and O–H groups in total. The third-order valence-electron chi connectivity index (χ3n) is 4.71. The van der Waals surface area contributed by atoms with E-state index in [2.05, 4.69) is 24.9 Å². The van der Waals surface area contributed by atoms with Crippen molar-refractivity contribution in [2.45, 2.75) is 26.4 Å². The van der Waals surface area contributed by atoms with Crippen molar-refractivity contribution in [3.8, 4) is 28.7 Å². The Balaban J connectivity index is 2.25. The number of benzene rings is 2. The molecule has 152 valence electrons. The molecular weight excluding hydrogens is 379 g/mol. The van der Waals surface area contributed by atoms with Crippen LogP contribution in [-0.2, 0) is 6.61 Å². The summed E-state index contributed by atoms with van der Waals surface area (Å²) in [6, 6.07) is 15.8. The second-order valence-corrected chi connectivity index (χ2v) is 7.02. The first-order valence-electron chi connectivity index (χ1n) is 9.64. The number of aromatic nitrogens is 1. The highest BCUT2D eigenvalue weighted by atomic mass is 19.1. The van der Waals surface area contributed by atoms with E-state index in [1.165, 1.54) is 18.2 Å². The van der Waals surface area contributed by atoms with Gasteiger partial charge in [-0.05, 0) is 59.0 Å². The number of nitriles is 1. The molecule has 0 spiro atoms. The van der Waals surface area contributed by atoms with Crippen LogP contribution in [0.5, 0.6) is 11.5 Å². The van der Waals surface area contributed by atoms with Gasteiger partial charge in [-0.3, -0.25) is 4.98 Å². The maximum atomic E-state index is 13.6. The summed E-state index contributed by atoms with van der Waals surface area (Å²) in [4.78, 5) is 4.31. The molecule has 1 aromatic heterocycles. The van der Waals surface area contributed by atoms with Crippen molar-refractivity contribution in [1.29, 1.82) is 5.26 Å². The zero-order valence-electron chi connectivity index (χ0n) is 17.2. The molecule has 30 heavy (non-hydrogen) atoms. The fraction of sp³-hybridized carbons (Fsp3) is 0.200. The van der Waals surface area contributed by atoms with E-state index < -0.39 is 0 Å². The Kier molecular flexibility index (Phi) is 6.82. The van der Waals surface area contributed by atoms with Gasteiger partial charge < -0.3 is 9.47 Å². The van der Waals surface area contributed by atoms with Crippen molar-refractivity contribution in [2.24, 2.45) is 0 Å². The fourth-order valence-electron chi connectivity index (χ4n) is 3.28. The summed E-state index contributed by atoms with van der Waals surface area (Å²) in [5, 5.41) is 9.13. The first-order chi connectivity index (χ1) is 14.5. The van der Waals surface area contributed by atoms with Gasteiger partial charge in [0.2, 0.25) is 0 Å². The Morgan fingerprint density at radius 2 is 1.93 bits per heavy atom. The highest BCUT2D eigenvalue weighted by Gasteiger charge is 2.22. The quantitative estimate of drug-likeness (QED) is 0.446. The van der Waals surface area contributed by atoms with Gasteiger partial charge >= 0.3 is 0 Å². The number of rotatable bonds is 7. The molecule has 0 saturated heterocycles. The number of allylic oxidation sites excluding steroid dienone is 1. The Morgan fingerprint density at radius 1 is 1.17 bits per heavy atom. The minimum Gasteiger partial charge on any atom is -0.493 e. The number of hydrogen-bond donors (Lipinski definition) is 0. The minimum atomic E-state index is -0.323. The first-order valence-corrected chi connectivity index (χ1v) is 9.64. The van der Waals surface area contributed by atoms with Crippen LogP contribution in [0.3, 0.4) is 0 Å². The molecule has 3 rings (SSSR count). The lowest BCUT2D eigenvalue weighted by Gasteiger charge is -2.22. The maximum Gasteiger partial charge on any atom is 0.170 e. The fourth-order valence-corrected chi connectivity index (χ4v) is 3.28. The van der Waals surface area contributed by atoms with Crippen LogP contribution in [0.4, 0.5) is 4.39 Å². The van der Waals surface area contributed by atoms with E-state index in [0.717, 1.165) is 27.9 Å². The average molecular weight is 402 g/mol. The lowest BCUT2D eigenvalue weighted by molar-refractivity contribution is 0.281. The number of halogens is 1. The zero-order chi connectivity index (χ0) is 21.5. The number of nitrogens with zero attached hydrogens (tertiary/aromatic N) is 2. The molecule has 0 atom stereocenters. The highest BCUT2D eigenvalue weighted by Crippen LogP contribution is 2.45. The first kappa shape index (κ1) is 21.1. The van der Waals surface area contributed by atoms with Gasteiger partial charge in [0.1, 0.15) is 12.4 Å². The lowest BCUT2D eigenvalue weighted by atomic mass is 9.88. The Hall–Kier alpha value is -3.65. The molecule has 0 fully saturated rings. The van der Waals surface area contributed by atoms with E-state index in [1.54, 1.807) is 31.5 Å². The van der Waals surface area contributed by atoms with Gasteiger partial charge in [-0.25, -0.2) is 4.39 Å². The standard InChI is InChI=1S/C25H23FN2O2/c1-17(2)22-15-23(29-3)25(30-16-20-7-4-5-14-28-20)24(21(22)8-6-13-27)18-9-11-19(26)12-10-18/h4-12,14-15,17H,16H2,1-3H3. The van der Waals surface area contributed by atoms with Crippen molar-refractivity contribution in [3.63, 3.8) is 0 Å². The number of methoxy groups -OCH3 is 1. The van der Waals surface area contributed by atoms with Gasteiger partial charge in [0, 0.05) is 17.8 Å². The molecule has 5 heteroatoms. The summed E-state index contributed by atoms with van der Waals surface area (Å²) >= 11 is 0. The van der Waals surface area contributed by atoms with E-state index in [1.807, 2.05) is 24.3 Å². The minimum absolute atomic E-state index is 0.168. The Bertz CT molecular complexity index is 1070. The molecule has 0 aliphatic rings. The molecule has 0 unspecified atom stereocenters. The molecule has 2 aromatic carbocycles. The molecule has 0 aliphatic carbocycles. The van der Waals surface area contributed by atoms with Crippen LogP contribution < -0.4 is 9.47 Å². The summed E-state index contributed by atoms with van der Waals surface area (Å²) in [6.07, 6.45) is 4.91. The summed E-state index contributed by atoms with van der Waals surface area (Å²) < 4.78 is 25.5. The third kappa shape index (κ3) is 4.66. The molecule has 1 heterocycles. The monoisotopic (exact) mass is 402 g/mol. The predicted molar refractivity (Wildman–Crippen MR) is 116 cm³/mol. The van der Waals surface area contributed by atoms with Crippen molar-refractivity contribution in [1.82, 2.24) is 4.98 Å². The zero-order valence-corrected chi connectivity index (χ0v) is 17.2. The van der Waals surface area contributed by atoms with E-state index in [-0.39, 0.29) is 18.3 Å². The van der Waals surface area contributed by atoms with E-state index in [4.69, 9.17) is 14.7 Å². The van der Waals surface area contributed by atoms with Gasteiger partial charge in [0.25, 0.3) is 0 Å². The highest BCUT2D eigenvalue weighted by molar-refractivity contribution is 5.85. The molecular formula is C25H23FN2O2. The normalized spacial score (nSPS) is 10.9. The molecule has 4 nitrogen and oxygen atoms in total. The molecule has 0 amide bonds. The van der Waals surface area contributed by atoms with Gasteiger partial charge in [-0.15, -0.1) is 0 Å². The summed E-state index contributed by atoms with van der Waals surface area (Å²) in [6.45, 7) is 4.39. The largest absolute Gasteiger partial charge is 0.493 e. The number of hydrogen-bond acceptors (Lipinski definition) is 4. The van der Waals surface area contributed by atoms with Crippen LogP contribution in [0.1, 0.15) is 36.6 Å². The molecule has 0 bridgehead atoms. The summed E-state index contributed by atoms with van der Waals surface area (Å²) in [5.74, 6) is 0.942. The predicted octanol–water partition coefficient (Wildman–Crippen LogP) is 6.14. The lowest BCUT2D eigenvalue weighted by Crippen LogP contribution is -2.05. The van der Waals surface area contributed by atoms with Crippen LogP contribution in [-0.4, -0.2) is 12.1 Å². The van der Waals surface area contributed by atoms with E-state index >= 15 is 0 Å². The average Bonchev–Trinajstić information content (AvgIpc) is 2.76. The molecule has 0 aliphatic heterocycles. The van der Waals surface area contributed by atoms with Crippen LogP contribution in [0.15, 0.2) is 60.8 Å². The van der Waals surface area contributed by atoms with Gasteiger partial charge in [-0.1, -0.05) is 32.0 Å². The third-order valence-corrected chi connectivity index (χ3v) is 4.71. The van der Waals surface area contributed by atoms with Crippen LogP contribution in [0.25, 0.3) is 17.2 Å². The SMILES string of the molecule is COc1cc(C(C)C)c(C=CC#N)c(-c2ccc(F)cc2)c1OCc1ccccn1. The van der Waals surface area contributed by atoms with Crippen LogP contribution in [0, 0.1) is 17.1 Å². The maximum absolute atomic E-state index is 13.6. The number of ether oxygens (including phenoxy) is 2. The van der Waals surface area contributed by atoms with Gasteiger partial charge in [0.05, 0.1) is 18.9 Å². The van der Waals surface area contributed by atoms with E-state index in [0.29, 0.717) is 11.5 Å². The van der Waals surface area contributed by atoms with Crippen molar-refractivity contribution in [3.05, 3.63) is 83.4 Å². The van der Waals surface area contributed by atoms with Crippen molar-refractivity contribution >= 4 is 6.08 Å². The van der Waals surface area contributed by atoms with Gasteiger partial charge in [0.15, 0.2) is 11.5 Å². The Labute approximate surface area is 176 Å². The smallest absolute Gasteiger partial charge is 0.170 e. The summed E-state index contributed by atoms with van der Waals surface area (Å²) in [7, 11) is 1.59. The summed E-state index contributed by atoms with van der Waals surface area (Å²) in [5.41, 5.74) is 4.13. The van der Waals surface area contributed by atoms with Crippen LogP contribution in [0.2, 0.25) is 0 Å². The van der Waals surface area contributed by atoms with Crippen LogP contribution >= 0.6 is 0 Å².